The highest BCUT2D eigenvalue weighted by atomic mass is 32.1. The molecule has 0 saturated heterocycles. The van der Waals surface area contributed by atoms with Crippen molar-refractivity contribution in [1.29, 1.82) is 0 Å². The Labute approximate surface area is 282 Å². The van der Waals surface area contributed by atoms with Gasteiger partial charge in [0.25, 0.3) is 0 Å². The number of hydrogen-bond acceptors (Lipinski definition) is 3. The van der Waals surface area contributed by atoms with Gasteiger partial charge >= 0.3 is 0 Å². The quantitative estimate of drug-likeness (QED) is 0.188. The number of aromatic nitrogens is 1. The normalized spacial score (nSPS) is 11.8. The second-order valence-corrected chi connectivity index (χ2v) is 13.5. The van der Waals surface area contributed by atoms with Crippen molar-refractivity contribution in [3.63, 3.8) is 0 Å². The van der Waals surface area contributed by atoms with Crippen molar-refractivity contribution >= 4 is 59.3 Å². The Morgan fingerprint density at radius 1 is 0.438 bits per heavy atom. The lowest BCUT2D eigenvalue weighted by atomic mass is 9.96. The van der Waals surface area contributed by atoms with Crippen molar-refractivity contribution < 1.29 is 0 Å². The van der Waals surface area contributed by atoms with Crippen LogP contribution in [0.4, 0.5) is 17.1 Å². The average Bonchev–Trinajstić information content (AvgIpc) is 3.70. The van der Waals surface area contributed by atoms with Gasteiger partial charge in [-0.25, -0.2) is 0 Å². The number of fused-ring (bicyclic) bond motifs is 6. The third-order valence-corrected chi connectivity index (χ3v) is 10.9. The minimum atomic E-state index is 1.08. The van der Waals surface area contributed by atoms with Gasteiger partial charge in [0.2, 0.25) is 0 Å². The van der Waals surface area contributed by atoms with E-state index in [1.54, 1.807) is 0 Å². The second kappa shape index (κ2) is 10.8. The van der Waals surface area contributed by atoms with Gasteiger partial charge in [-0.3, -0.25) is 4.98 Å². The Hall–Kier alpha value is -6.03. The van der Waals surface area contributed by atoms with E-state index in [9.17, 15) is 0 Å². The standard InChI is InChI=1S/C45H28N2S/c1-2-9-29(10-3-1)30-17-21-34(22-18-30)47(42-28-46-27-41-38-14-6-7-16-43(38)48-45(41)42)35-23-19-31(20-24-35)33-25-32-11-8-15-39-36-12-4-5-13-37(36)40(26-33)44(32)39/h1-28H. The zero-order valence-corrected chi connectivity index (χ0v) is 26.8. The summed E-state index contributed by atoms with van der Waals surface area (Å²) in [5.74, 6) is 0. The molecule has 0 spiro atoms. The summed E-state index contributed by atoms with van der Waals surface area (Å²) in [5, 5.41) is 5.07. The molecule has 10 rings (SSSR count). The van der Waals surface area contributed by atoms with Crippen LogP contribution in [-0.4, -0.2) is 4.98 Å². The average molecular weight is 629 g/mol. The fourth-order valence-electron chi connectivity index (χ4n) is 7.43. The predicted molar refractivity (Wildman–Crippen MR) is 205 cm³/mol. The molecule has 48 heavy (non-hydrogen) atoms. The highest BCUT2D eigenvalue weighted by Gasteiger charge is 2.22. The number of hydrogen-bond donors (Lipinski definition) is 0. The number of anilines is 3. The summed E-state index contributed by atoms with van der Waals surface area (Å²) >= 11 is 1.83. The van der Waals surface area contributed by atoms with Crippen LogP contribution in [0.5, 0.6) is 0 Å². The molecular weight excluding hydrogens is 601 g/mol. The second-order valence-electron chi connectivity index (χ2n) is 12.4. The highest BCUT2D eigenvalue weighted by molar-refractivity contribution is 7.26. The van der Waals surface area contributed by atoms with Crippen LogP contribution in [0.3, 0.4) is 0 Å². The number of pyridine rings is 1. The van der Waals surface area contributed by atoms with Crippen LogP contribution in [0.25, 0.3) is 75.5 Å². The van der Waals surface area contributed by atoms with E-state index >= 15 is 0 Å². The largest absolute Gasteiger partial charge is 0.308 e. The minimum absolute atomic E-state index is 1.08. The molecule has 0 N–H and O–H groups in total. The van der Waals surface area contributed by atoms with Crippen molar-refractivity contribution in [3.8, 4) is 44.5 Å². The molecule has 0 fully saturated rings. The summed E-state index contributed by atoms with van der Waals surface area (Å²) in [7, 11) is 0. The third kappa shape index (κ3) is 4.22. The summed E-state index contributed by atoms with van der Waals surface area (Å²) in [5.41, 5.74) is 13.4. The van der Waals surface area contributed by atoms with Crippen molar-refractivity contribution in [2.24, 2.45) is 0 Å². The van der Waals surface area contributed by atoms with Gasteiger partial charge in [-0.05, 0) is 97.7 Å². The maximum absolute atomic E-state index is 4.77. The summed E-state index contributed by atoms with van der Waals surface area (Å²) in [6.45, 7) is 0. The molecular formula is C45H28N2S. The number of benzene rings is 7. The summed E-state index contributed by atoms with van der Waals surface area (Å²) in [6.07, 6.45) is 4.02. The van der Waals surface area contributed by atoms with E-state index < -0.39 is 0 Å². The van der Waals surface area contributed by atoms with E-state index in [1.165, 1.54) is 75.5 Å². The maximum Gasteiger partial charge on any atom is 0.0824 e. The lowest BCUT2D eigenvalue weighted by Crippen LogP contribution is -2.10. The zero-order valence-electron chi connectivity index (χ0n) is 26.0. The van der Waals surface area contributed by atoms with Crippen molar-refractivity contribution in [3.05, 3.63) is 170 Å². The Bertz CT molecular complexity index is 2650. The van der Waals surface area contributed by atoms with Gasteiger partial charge < -0.3 is 4.90 Å². The molecule has 7 aromatic carbocycles. The smallest absolute Gasteiger partial charge is 0.0824 e. The summed E-state index contributed by atoms with van der Waals surface area (Å²) in [6, 6.07) is 57.2. The molecule has 1 aliphatic rings. The van der Waals surface area contributed by atoms with E-state index in [1.807, 2.05) is 23.7 Å². The number of thiophene rings is 1. The summed E-state index contributed by atoms with van der Waals surface area (Å²) in [4.78, 5) is 7.13. The summed E-state index contributed by atoms with van der Waals surface area (Å²) < 4.78 is 2.50. The molecule has 2 nitrogen and oxygen atoms in total. The lowest BCUT2D eigenvalue weighted by Gasteiger charge is -2.26. The molecule has 2 heterocycles. The lowest BCUT2D eigenvalue weighted by molar-refractivity contribution is 1.26. The number of rotatable bonds is 5. The number of nitrogens with zero attached hydrogens (tertiary/aromatic N) is 2. The van der Waals surface area contributed by atoms with Crippen LogP contribution in [0.1, 0.15) is 0 Å². The molecule has 2 aromatic heterocycles. The fraction of sp³-hybridized carbons (Fsp3) is 0. The molecule has 0 saturated carbocycles. The van der Waals surface area contributed by atoms with Gasteiger partial charge in [-0.15, -0.1) is 11.3 Å². The highest BCUT2D eigenvalue weighted by Crippen LogP contribution is 2.49. The Balaban J connectivity index is 1.11. The molecule has 9 aromatic rings. The molecule has 0 radical (unpaired) electrons. The van der Waals surface area contributed by atoms with E-state index in [2.05, 4.69) is 163 Å². The first-order valence-electron chi connectivity index (χ1n) is 16.3. The van der Waals surface area contributed by atoms with Gasteiger partial charge in [0.15, 0.2) is 0 Å². The van der Waals surface area contributed by atoms with Crippen LogP contribution in [-0.2, 0) is 0 Å². The molecule has 3 heteroatoms. The van der Waals surface area contributed by atoms with Gasteiger partial charge in [0, 0.05) is 33.0 Å². The fourth-order valence-corrected chi connectivity index (χ4v) is 8.61. The molecule has 224 valence electrons. The molecule has 0 unspecified atom stereocenters. The van der Waals surface area contributed by atoms with E-state index in [4.69, 9.17) is 4.98 Å². The third-order valence-electron chi connectivity index (χ3n) is 9.68. The minimum Gasteiger partial charge on any atom is -0.308 e. The monoisotopic (exact) mass is 628 g/mol. The zero-order chi connectivity index (χ0) is 31.6. The first kappa shape index (κ1) is 27.1. The van der Waals surface area contributed by atoms with Crippen LogP contribution in [0.15, 0.2) is 170 Å². The van der Waals surface area contributed by atoms with E-state index in [0.717, 1.165) is 17.1 Å². The van der Waals surface area contributed by atoms with Crippen LogP contribution in [0.2, 0.25) is 0 Å². The van der Waals surface area contributed by atoms with E-state index in [0.29, 0.717) is 0 Å². The molecule has 0 bridgehead atoms. The molecule has 0 atom stereocenters. The Morgan fingerprint density at radius 2 is 1.06 bits per heavy atom. The van der Waals surface area contributed by atoms with Crippen molar-refractivity contribution in [2.45, 2.75) is 0 Å². The SMILES string of the molecule is c1ccc(-c2ccc(N(c3ccc(-c4cc5c6c(cccc6c4)-c4ccccc4-5)cc3)c3cncc4c3sc3ccccc34)cc2)cc1. The van der Waals surface area contributed by atoms with Crippen molar-refractivity contribution in [2.75, 3.05) is 4.90 Å². The van der Waals surface area contributed by atoms with Gasteiger partial charge in [-0.2, -0.15) is 0 Å². The predicted octanol–water partition coefficient (Wildman–Crippen LogP) is 13.1. The van der Waals surface area contributed by atoms with Gasteiger partial charge in [0.1, 0.15) is 0 Å². The van der Waals surface area contributed by atoms with Gasteiger partial charge in [-0.1, -0.05) is 115 Å². The maximum atomic E-state index is 4.77. The van der Waals surface area contributed by atoms with Crippen molar-refractivity contribution in [1.82, 2.24) is 4.98 Å². The van der Waals surface area contributed by atoms with Crippen LogP contribution >= 0.6 is 11.3 Å². The van der Waals surface area contributed by atoms with Crippen LogP contribution < -0.4 is 4.90 Å². The Kier molecular flexibility index (Phi) is 6.08. The Morgan fingerprint density at radius 3 is 1.83 bits per heavy atom. The first-order chi connectivity index (χ1) is 23.8. The van der Waals surface area contributed by atoms with E-state index in [-0.39, 0.29) is 0 Å². The topological polar surface area (TPSA) is 16.1 Å². The molecule has 0 aliphatic heterocycles. The van der Waals surface area contributed by atoms with Gasteiger partial charge in [0.05, 0.1) is 16.6 Å². The molecule has 0 amide bonds. The molecule has 1 aliphatic carbocycles. The van der Waals surface area contributed by atoms with Crippen LogP contribution in [0, 0.1) is 0 Å². The first-order valence-corrected chi connectivity index (χ1v) is 17.1.